The molecule has 2 aromatic carbocycles. The van der Waals surface area contributed by atoms with Crippen LogP contribution >= 0.6 is 0 Å². The van der Waals surface area contributed by atoms with Crippen molar-refractivity contribution in [1.82, 2.24) is 9.88 Å². The van der Waals surface area contributed by atoms with Crippen molar-refractivity contribution >= 4 is 10.9 Å². The number of para-hydroxylation sites is 1. The first-order valence-electron chi connectivity index (χ1n) is 8.02. The predicted octanol–water partition coefficient (Wildman–Crippen LogP) is 3.84. The zero-order valence-corrected chi connectivity index (χ0v) is 12.7. The lowest BCUT2D eigenvalue weighted by Crippen LogP contribution is -2.26. The molecule has 1 aliphatic rings. The first kappa shape index (κ1) is 13.5. The van der Waals surface area contributed by atoms with E-state index in [9.17, 15) is 0 Å². The Hall–Kier alpha value is -2.19. The number of fused-ring (bicyclic) bond motifs is 2. The standard InChI is InChI=1S/C20H20N2/c1-2-6-17-11-14-22(13-10-16(17)5-1)15-19-8-3-7-18-9-4-12-21-20(18)19/h1-9,12H,10-11,13-15H2. The topological polar surface area (TPSA) is 16.1 Å². The number of benzene rings is 2. The molecule has 0 saturated heterocycles. The molecule has 1 aliphatic heterocycles. The van der Waals surface area contributed by atoms with Crippen LogP contribution in [0.2, 0.25) is 0 Å². The van der Waals surface area contributed by atoms with Crippen LogP contribution in [0, 0.1) is 0 Å². The van der Waals surface area contributed by atoms with E-state index in [4.69, 9.17) is 0 Å². The molecule has 0 amide bonds. The van der Waals surface area contributed by atoms with Gasteiger partial charge in [-0.2, -0.15) is 0 Å². The van der Waals surface area contributed by atoms with E-state index < -0.39 is 0 Å². The zero-order chi connectivity index (χ0) is 14.8. The molecule has 0 atom stereocenters. The van der Waals surface area contributed by atoms with Crippen LogP contribution in [0.1, 0.15) is 16.7 Å². The molecule has 4 rings (SSSR count). The van der Waals surface area contributed by atoms with E-state index in [1.54, 1.807) is 0 Å². The van der Waals surface area contributed by atoms with Gasteiger partial charge < -0.3 is 0 Å². The average Bonchev–Trinajstić information content (AvgIpc) is 2.78. The maximum absolute atomic E-state index is 4.58. The highest BCUT2D eigenvalue weighted by Crippen LogP contribution is 2.20. The first-order valence-corrected chi connectivity index (χ1v) is 8.02. The molecule has 110 valence electrons. The van der Waals surface area contributed by atoms with Crippen LogP contribution in [0.25, 0.3) is 10.9 Å². The Morgan fingerprint density at radius 1 is 0.818 bits per heavy atom. The van der Waals surface area contributed by atoms with Gasteiger partial charge in [0, 0.05) is 31.2 Å². The van der Waals surface area contributed by atoms with Gasteiger partial charge in [0.25, 0.3) is 0 Å². The van der Waals surface area contributed by atoms with Crippen LogP contribution in [0.4, 0.5) is 0 Å². The predicted molar refractivity (Wildman–Crippen MR) is 90.9 cm³/mol. The van der Waals surface area contributed by atoms with Crippen LogP contribution in [0.15, 0.2) is 60.8 Å². The van der Waals surface area contributed by atoms with E-state index in [1.807, 2.05) is 12.3 Å². The quantitative estimate of drug-likeness (QED) is 0.712. The summed E-state index contributed by atoms with van der Waals surface area (Å²) in [5.74, 6) is 0. The number of hydrogen-bond acceptors (Lipinski definition) is 2. The normalized spacial score (nSPS) is 15.5. The van der Waals surface area contributed by atoms with Gasteiger partial charge in [0.15, 0.2) is 0 Å². The molecular formula is C20H20N2. The van der Waals surface area contributed by atoms with Crippen molar-refractivity contribution in [2.75, 3.05) is 13.1 Å². The second-order valence-corrected chi connectivity index (χ2v) is 6.04. The lowest BCUT2D eigenvalue weighted by molar-refractivity contribution is 0.280. The minimum absolute atomic E-state index is 0.988. The Bertz CT molecular complexity index is 762. The fourth-order valence-corrected chi connectivity index (χ4v) is 3.41. The highest BCUT2D eigenvalue weighted by atomic mass is 15.1. The van der Waals surface area contributed by atoms with Crippen LogP contribution in [-0.4, -0.2) is 23.0 Å². The minimum atomic E-state index is 0.988. The molecule has 0 radical (unpaired) electrons. The number of aromatic nitrogens is 1. The molecule has 2 nitrogen and oxygen atoms in total. The maximum Gasteiger partial charge on any atom is 0.0746 e. The fourth-order valence-electron chi connectivity index (χ4n) is 3.41. The molecule has 0 saturated carbocycles. The van der Waals surface area contributed by atoms with E-state index in [1.165, 1.54) is 22.1 Å². The number of hydrogen-bond donors (Lipinski definition) is 0. The Balaban J connectivity index is 1.57. The van der Waals surface area contributed by atoms with Crippen LogP contribution in [0.3, 0.4) is 0 Å². The van der Waals surface area contributed by atoms with E-state index in [0.717, 1.165) is 38.0 Å². The molecule has 0 fully saturated rings. The smallest absolute Gasteiger partial charge is 0.0746 e. The highest BCUT2D eigenvalue weighted by Gasteiger charge is 2.14. The molecule has 2 heteroatoms. The molecule has 0 unspecified atom stereocenters. The Kier molecular flexibility index (Phi) is 3.61. The monoisotopic (exact) mass is 288 g/mol. The largest absolute Gasteiger partial charge is 0.298 e. The van der Waals surface area contributed by atoms with Crippen molar-refractivity contribution in [3.63, 3.8) is 0 Å². The first-order chi connectivity index (χ1) is 10.9. The van der Waals surface area contributed by atoms with Crippen LogP contribution in [0.5, 0.6) is 0 Å². The lowest BCUT2D eigenvalue weighted by Gasteiger charge is -2.20. The van der Waals surface area contributed by atoms with Crippen molar-refractivity contribution < 1.29 is 0 Å². The molecule has 3 aromatic rings. The second-order valence-electron chi connectivity index (χ2n) is 6.04. The molecule has 0 spiro atoms. The lowest BCUT2D eigenvalue weighted by atomic mass is 10.0. The second kappa shape index (κ2) is 5.90. The van der Waals surface area contributed by atoms with Crippen molar-refractivity contribution in [2.24, 2.45) is 0 Å². The van der Waals surface area contributed by atoms with Gasteiger partial charge in [0.2, 0.25) is 0 Å². The molecule has 22 heavy (non-hydrogen) atoms. The number of rotatable bonds is 2. The minimum Gasteiger partial charge on any atom is -0.298 e. The number of nitrogens with zero attached hydrogens (tertiary/aromatic N) is 2. The van der Waals surface area contributed by atoms with Crippen molar-refractivity contribution in [3.8, 4) is 0 Å². The van der Waals surface area contributed by atoms with Gasteiger partial charge in [0.1, 0.15) is 0 Å². The third-order valence-corrected chi connectivity index (χ3v) is 4.62. The average molecular weight is 288 g/mol. The molecule has 0 bridgehead atoms. The number of pyridine rings is 1. The van der Waals surface area contributed by atoms with Crippen molar-refractivity contribution in [2.45, 2.75) is 19.4 Å². The Morgan fingerprint density at radius 3 is 2.32 bits per heavy atom. The van der Waals surface area contributed by atoms with Gasteiger partial charge in [-0.15, -0.1) is 0 Å². The summed E-state index contributed by atoms with van der Waals surface area (Å²) >= 11 is 0. The molecular weight excluding hydrogens is 268 g/mol. The molecule has 0 aliphatic carbocycles. The SMILES string of the molecule is c1ccc2c(c1)CCN(Cc1cccc3cccnc13)CC2. The van der Waals surface area contributed by atoms with E-state index in [-0.39, 0.29) is 0 Å². The van der Waals surface area contributed by atoms with Gasteiger partial charge in [0.05, 0.1) is 5.52 Å². The van der Waals surface area contributed by atoms with Gasteiger partial charge >= 0.3 is 0 Å². The van der Waals surface area contributed by atoms with Crippen molar-refractivity contribution in [3.05, 3.63) is 77.5 Å². The summed E-state index contributed by atoms with van der Waals surface area (Å²) < 4.78 is 0. The molecule has 2 heterocycles. The molecule has 1 aromatic heterocycles. The highest BCUT2D eigenvalue weighted by molar-refractivity contribution is 5.81. The summed E-state index contributed by atoms with van der Waals surface area (Å²) in [5, 5.41) is 1.23. The Labute approximate surface area is 131 Å². The van der Waals surface area contributed by atoms with Crippen LogP contribution in [-0.2, 0) is 19.4 Å². The maximum atomic E-state index is 4.58. The summed E-state index contributed by atoms with van der Waals surface area (Å²) in [6.07, 6.45) is 4.19. The summed E-state index contributed by atoms with van der Waals surface area (Å²) in [4.78, 5) is 7.14. The third-order valence-electron chi connectivity index (χ3n) is 4.62. The van der Waals surface area contributed by atoms with Crippen LogP contribution < -0.4 is 0 Å². The summed E-state index contributed by atoms with van der Waals surface area (Å²) in [6, 6.07) is 19.5. The van der Waals surface area contributed by atoms with Gasteiger partial charge in [-0.3, -0.25) is 9.88 Å². The van der Waals surface area contributed by atoms with E-state index in [0.29, 0.717) is 0 Å². The van der Waals surface area contributed by atoms with Gasteiger partial charge in [-0.1, -0.05) is 48.5 Å². The fraction of sp³-hybridized carbons (Fsp3) is 0.250. The van der Waals surface area contributed by atoms with E-state index in [2.05, 4.69) is 58.4 Å². The van der Waals surface area contributed by atoms with Gasteiger partial charge in [-0.25, -0.2) is 0 Å². The summed E-state index contributed by atoms with van der Waals surface area (Å²) in [7, 11) is 0. The zero-order valence-electron chi connectivity index (χ0n) is 12.7. The van der Waals surface area contributed by atoms with E-state index >= 15 is 0 Å². The Morgan fingerprint density at radius 2 is 1.55 bits per heavy atom. The van der Waals surface area contributed by atoms with Crippen molar-refractivity contribution in [1.29, 1.82) is 0 Å². The van der Waals surface area contributed by atoms with Gasteiger partial charge in [-0.05, 0) is 35.6 Å². The molecule has 0 N–H and O–H groups in total. The summed E-state index contributed by atoms with van der Waals surface area (Å²) in [6.45, 7) is 3.24. The third kappa shape index (κ3) is 2.62. The summed E-state index contributed by atoms with van der Waals surface area (Å²) in [5.41, 5.74) is 5.51.